The predicted molar refractivity (Wildman–Crippen MR) is 158 cm³/mol. The van der Waals surface area contributed by atoms with Gasteiger partial charge in [0.2, 0.25) is 0 Å². The van der Waals surface area contributed by atoms with Crippen LogP contribution in [-0.2, 0) is 11.3 Å². The van der Waals surface area contributed by atoms with Gasteiger partial charge in [-0.3, -0.25) is 4.79 Å². The molecule has 0 unspecified atom stereocenters. The molecule has 5 nitrogen and oxygen atoms in total. The first-order valence-electron chi connectivity index (χ1n) is 13.7. The first kappa shape index (κ1) is 29.9. The highest BCUT2D eigenvalue weighted by Gasteiger charge is 2.29. The molecule has 0 bridgehead atoms. The second-order valence-electron chi connectivity index (χ2n) is 10.5. The van der Waals surface area contributed by atoms with Gasteiger partial charge in [0.1, 0.15) is 11.6 Å². The van der Waals surface area contributed by atoms with Crippen molar-refractivity contribution in [1.82, 2.24) is 4.57 Å². The van der Waals surface area contributed by atoms with E-state index in [4.69, 9.17) is 5.11 Å². The van der Waals surface area contributed by atoms with Crippen LogP contribution in [0.5, 0.6) is 0 Å². The summed E-state index contributed by atoms with van der Waals surface area (Å²) in [5.74, 6) is -2.09. The molecule has 1 aromatic heterocycles. The van der Waals surface area contributed by atoms with Gasteiger partial charge in [-0.15, -0.1) is 0 Å². The lowest BCUT2D eigenvalue weighted by atomic mass is 9.93. The first-order chi connectivity index (χ1) is 19.7. The Labute approximate surface area is 239 Å². The van der Waals surface area contributed by atoms with Gasteiger partial charge in [0, 0.05) is 23.4 Å². The Bertz CT molecular complexity index is 1480. The molecule has 214 valence electrons. The molecular weight excluding hydrogens is 524 g/mol. The topological polar surface area (TPSA) is 82.7 Å². The minimum atomic E-state index is -1.19. The fraction of sp³-hybridized carbons (Fsp3) is 0.265. The summed E-state index contributed by atoms with van der Waals surface area (Å²) >= 11 is 0. The number of aliphatic hydroxyl groups is 2. The summed E-state index contributed by atoms with van der Waals surface area (Å²) in [7, 11) is 0. The van der Waals surface area contributed by atoms with Crippen molar-refractivity contribution in [2.24, 2.45) is 0 Å². The summed E-state index contributed by atoms with van der Waals surface area (Å²) in [5.41, 5.74) is 4.66. The van der Waals surface area contributed by atoms with Gasteiger partial charge in [0.05, 0.1) is 24.3 Å². The highest BCUT2D eigenvalue weighted by molar-refractivity contribution is 5.95. The van der Waals surface area contributed by atoms with Gasteiger partial charge in [-0.2, -0.15) is 0 Å². The molecule has 0 fully saturated rings. The standard InChI is InChI=1S/C34H35F2NO4/c1-22(2)33-32(29(36)19-23-9-5-3-6-10-23)31(24-11-7-4-8-12-24)34(25-13-15-26(35)16-14-25)37(33)18-17-27(38)20-28(39)21-30(40)41/h3-16,19,22,27-28,38-39H,17-18,20-21H2,1-2H3,(H,40,41)/b29-19-/t27-,28-/m1/s1. The maximum absolute atomic E-state index is 16.5. The lowest BCUT2D eigenvalue weighted by Crippen LogP contribution is -2.22. The quantitative estimate of drug-likeness (QED) is 0.168. The Morgan fingerprint density at radius 1 is 0.878 bits per heavy atom. The number of aromatic nitrogens is 1. The van der Waals surface area contributed by atoms with Gasteiger partial charge in [0.25, 0.3) is 0 Å². The third-order valence-electron chi connectivity index (χ3n) is 7.00. The Morgan fingerprint density at radius 3 is 2.07 bits per heavy atom. The van der Waals surface area contributed by atoms with Gasteiger partial charge < -0.3 is 19.9 Å². The molecule has 0 amide bonds. The fourth-order valence-electron chi connectivity index (χ4n) is 5.27. The van der Waals surface area contributed by atoms with Crippen molar-refractivity contribution in [3.63, 3.8) is 0 Å². The molecule has 0 radical (unpaired) electrons. The Hall–Kier alpha value is -4.07. The van der Waals surface area contributed by atoms with E-state index in [1.54, 1.807) is 12.1 Å². The molecule has 4 rings (SSSR count). The molecular formula is C34H35F2NO4. The molecule has 41 heavy (non-hydrogen) atoms. The number of carboxylic acids is 1. The Morgan fingerprint density at radius 2 is 1.49 bits per heavy atom. The van der Waals surface area contributed by atoms with Crippen molar-refractivity contribution < 1.29 is 28.9 Å². The van der Waals surface area contributed by atoms with Crippen molar-refractivity contribution in [2.75, 3.05) is 0 Å². The van der Waals surface area contributed by atoms with Crippen LogP contribution < -0.4 is 0 Å². The van der Waals surface area contributed by atoms with Gasteiger partial charge >= 0.3 is 5.97 Å². The lowest BCUT2D eigenvalue weighted by Gasteiger charge is -2.20. The zero-order valence-corrected chi connectivity index (χ0v) is 23.2. The molecule has 0 aliphatic rings. The van der Waals surface area contributed by atoms with E-state index >= 15 is 4.39 Å². The second-order valence-corrected chi connectivity index (χ2v) is 10.5. The second kappa shape index (κ2) is 13.5. The largest absolute Gasteiger partial charge is 0.481 e. The minimum Gasteiger partial charge on any atom is -0.481 e. The molecule has 7 heteroatoms. The summed E-state index contributed by atoms with van der Waals surface area (Å²) < 4.78 is 32.5. The van der Waals surface area contributed by atoms with E-state index in [2.05, 4.69) is 0 Å². The minimum absolute atomic E-state index is 0.100. The van der Waals surface area contributed by atoms with Crippen LogP contribution in [-0.4, -0.2) is 38.1 Å². The average Bonchev–Trinajstić information content (AvgIpc) is 3.28. The highest BCUT2D eigenvalue weighted by atomic mass is 19.1. The van der Waals surface area contributed by atoms with E-state index in [0.29, 0.717) is 33.6 Å². The first-order valence-corrected chi connectivity index (χ1v) is 13.7. The van der Waals surface area contributed by atoms with Crippen LogP contribution in [0.4, 0.5) is 8.78 Å². The van der Waals surface area contributed by atoms with E-state index in [-0.39, 0.29) is 25.3 Å². The molecule has 0 aliphatic carbocycles. The smallest absolute Gasteiger partial charge is 0.305 e. The SMILES string of the molecule is CC(C)c1c(/C(F)=C/c2ccccc2)c(-c2ccccc2)c(-c2ccc(F)cc2)n1CC[C@@H](O)C[C@@H](O)CC(=O)O. The molecule has 0 saturated heterocycles. The number of halogens is 2. The zero-order valence-electron chi connectivity index (χ0n) is 23.2. The van der Waals surface area contributed by atoms with E-state index in [0.717, 1.165) is 5.56 Å². The van der Waals surface area contributed by atoms with E-state index in [1.165, 1.54) is 18.2 Å². The molecule has 3 N–H and O–H groups in total. The van der Waals surface area contributed by atoms with E-state index in [9.17, 15) is 19.4 Å². The van der Waals surface area contributed by atoms with Gasteiger partial charge in [-0.25, -0.2) is 8.78 Å². The van der Waals surface area contributed by atoms with Crippen molar-refractivity contribution in [3.05, 3.63) is 108 Å². The van der Waals surface area contributed by atoms with Crippen molar-refractivity contribution in [2.45, 2.75) is 57.8 Å². The average molecular weight is 560 g/mol. The summed E-state index contributed by atoms with van der Waals surface area (Å²) in [4.78, 5) is 11.0. The number of hydrogen-bond acceptors (Lipinski definition) is 3. The van der Waals surface area contributed by atoms with Crippen LogP contribution in [0.15, 0.2) is 84.9 Å². The molecule has 0 saturated carbocycles. The van der Waals surface area contributed by atoms with Gasteiger partial charge in [0.15, 0.2) is 0 Å². The van der Waals surface area contributed by atoms with Crippen LogP contribution in [0, 0.1) is 5.82 Å². The molecule has 2 atom stereocenters. The van der Waals surface area contributed by atoms with Gasteiger partial charge in [-0.05, 0) is 65.8 Å². The number of aliphatic hydroxyl groups excluding tert-OH is 2. The number of carbonyl (C=O) groups is 1. The molecule has 1 heterocycles. The van der Waals surface area contributed by atoms with E-state index in [1.807, 2.05) is 79.1 Å². The number of rotatable bonds is 12. The number of benzene rings is 3. The number of hydrogen-bond donors (Lipinski definition) is 3. The van der Waals surface area contributed by atoms with Crippen molar-refractivity contribution in [3.8, 4) is 22.4 Å². The zero-order chi connectivity index (χ0) is 29.5. The van der Waals surface area contributed by atoms with Crippen molar-refractivity contribution in [1.29, 1.82) is 0 Å². The normalized spacial score (nSPS) is 13.4. The van der Waals surface area contributed by atoms with Crippen molar-refractivity contribution >= 4 is 17.9 Å². The maximum Gasteiger partial charge on any atom is 0.305 e. The highest BCUT2D eigenvalue weighted by Crippen LogP contribution is 2.46. The van der Waals surface area contributed by atoms with Gasteiger partial charge in [-0.1, -0.05) is 74.5 Å². The number of aliphatic carboxylic acids is 1. The summed E-state index contributed by atoms with van der Waals surface area (Å²) in [6.07, 6.45) is -1.04. The number of carboxylic acid groups (broad SMARTS) is 1. The Balaban J connectivity index is 1.93. The van der Waals surface area contributed by atoms with E-state index < -0.39 is 36.2 Å². The molecule has 3 aromatic carbocycles. The third-order valence-corrected chi connectivity index (χ3v) is 7.00. The van der Waals surface area contributed by atoms with Crippen LogP contribution >= 0.6 is 0 Å². The van der Waals surface area contributed by atoms with Crippen LogP contribution in [0.25, 0.3) is 34.3 Å². The Kier molecular flexibility index (Phi) is 9.86. The predicted octanol–water partition coefficient (Wildman–Crippen LogP) is 7.53. The molecule has 0 spiro atoms. The van der Waals surface area contributed by atoms with Crippen LogP contribution in [0.2, 0.25) is 0 Å². The third kappa shape index (κ3) is 7.37. The summed E-state index contributed by atoms with van der Waals surface area (Å²) in [5, 5.41) is 29.7. The molecule has 0 aliphatic heterocycles. The maximum atomic E-state index is 16.5. The number of nitrogens with zero attached hydrogens (tertiary/aromatic N) is 1. The van der Waals surface area contributed by atoms with Crippen LogP contribution in [0.3, 0.4) is 0 Å². The summed E-state index contributed by atoms with van der Waals surface area (Å²) in [6.45, 7) is 4.21. The summed E-state index contributed by atoms with van der Waals surface area (Å²) in [6, 6.07) is 24.7. The fourth-order valence-corrected chi connectivity index (χ4v) is 5.27. The van der Waals surface area contributed by atoms with Crippen LogP contribution in [0.1, 0.15) is 55.8 Å². The lowest BCUT2D eigenvalue weighted by molar-refractivity contribution is -0.139. The monoisotopic (exact) mass is 559 g/mol. The molecule has 4 aromatic rings.